The summed E-state index contributed by atoms with van der Waals surface area (Å²) in [6, 6.07) is 7.84. The van der Waals surface area contributed by atoms with Crippen LogP contribution in [0, 0.1) is 18.6 Å². The Hall–Kier alpha value is -3.22. The van der Waals surface area contributed by atoms with E-state index in [9.17, 15) is 23.5 Å². The third kappa shape index (κ3) is 3.05. The fourth-order valence-corrected chi connectivity index (χ4v) is 3.24. The summed E-state index contributed by atoms with van der Waals surface area (Å²) in [5.74, 6) is -4.16. The van der Waals surface area contributed by atoms with Crippen molar-refractivity contribution in [2.24, 2.45) is 0 Å². The number of fused-ring (bicyclic) bond motifs is 1. The number of methoxy groups -OCH3 is 1. The summed E-state index contributed by atoms with van der Waals surface area (Å²) in [6.07, 6.45) is 0. The SMILES string of the molecule is COc1ccc2c(c1)c(C(C)C(=O)O)c(C)n2C(=O)c1ccc(F)c(F)c1. The Kier molecular flexibility index (Phi) is 4.70. The molecule has 0 saturated carbocycles. The summed E-state index contributed by atoms with van der Waals surface area (Å²) in [4.78, 5) is 24.6. The number of carbonyl (C=O) groups excluding carboxylic acids is 1. The van der Waals surface area contributed by atoms with Gasteiger partial charge in [-0.2, -0.15) is 0 Å². The molecule has 1 unspecified atom stereocenters. The first-order chi connectivity index (χ1) is 12.8. The van der Waals surface area contributed by atoms with Gasteiger partial charge in [-0.05, 0) is 55.8 Å². The molecular weight excluding hydrogens is 356 g/mol. The van der Waals surface area contributed by atoms with Crippen LogP contribution in [0.3, 0.4) is 0 Å². The Morgan fingerprint density at radius 1 is 1.11 bits per heavy atom. The van der Waals surface area contributed by atoms with Gasteiger partial charge in [0.2, 0.25) is 0 Å². The number of carboxylic acids is 1. The van der Waals surface area contributed by atoms with Crippen molar-refractivity contribution in [2.75, 3.05) is 7.11 Å². The molecule has 7 heteroatoms. The number of nitrogens with zero attached hydrogens (tertiary/aromatic N) is 1. The first kappa shape index (κ1) is 18.6. The second-order valence-electron chi connectivity index (χ2n) is 6.21. The van der Waals surface area contributed by atoms with Gasteiger partial charge in [-0.25, -0.2) is 8.78 Å². The van der Waals surface area contributed by atoms with Gasteiger partial charge in [0.25, 0.3) is 5.91 Å². The molecule has 3 rings (SSSR count). The van der Waals surface area contributed by atoms with Crippen LogP contribution < -0.4 is 4.74 Å². The van der Waals surface area contributed by atoms with Crippen molar-refractivity contribution in [1.29, 1.82) is 0 Å². The van der Waals surface area contributed by atoms with E-state index in [1.807, 2.05) is 0 Å². The van der Waals surface area contributed by atoms with Gasteiger partial charge >= 0.3 is 5.97 Å². The zero-order chi connectivity index (χ0) is 19.9. The highest BCUT2D eigenvalue weighted by atomic mass is 19.2. The van der Waals surface area contributed by atoms with Gasteiger partial charge in [0.15, 0.2) is 11.6 Å². The van der Waals surface area contributed by atoms with E-state index in [0.717, 1.165) is 12.1 Å². The fourth-order valence-electron chi connectivity index (χ4n) is 3.24. The van der Waals surface area contributed by atoms with Crippen molar-refractivity contribution >= 4 is 22.8 Å². The first-order valence-electron chi connectivity index (χ1n) is 8.17. The first-order valence-corrected chi connectivity index (χ1v) is 8.17. The van der Waals surface area contributed by atoms with E-state index in [1.54, 1.807) is 25.1 Å². The zero-order valence-corrected chi connectivity index (χ0v) is 14.9. The van der Waals surface area contributed by atoms with Crippen molar-refractivity contribution in [3.05, 3.63) is 64.9 Å². The minimum absolute atomic E-state index is 0.0424. The molecule has 3 aromatic rings. The minimum atomic E-state index is -1.13. The normalized spacial score (nSPS) is 12.2. The van der Waals surface area contributed by atoms with Crippen LogP contribution in [0.25, 0.3) is 10.9 Å². The average molecular weight is 373 g/mol. The number of carboxylic acid groups (broad SMARTS) is 1. The Bertz CT molecular complexity index is 1070. The lowest BCUT2D eigenvalue weighted by atomic mass is 9.98. The van der Waals surface area contributed by atoms with Crippen molar-refractivity contribution in [3.63, 3.8) is 0 Å². The lowest BCUT2D eigenvalue weighted by molar-refractivity contribution is -0.138. The Morgan fingerprint density at radius 2 is 1.81 bits per heavy atom. The van der Waals surface area contributed by atoms with Gasteiger partial charge in [-0.1, -0.05) is 0 Å². The van der Waals surface area contributed by atoms with Crippen LogP contribution in [0.4, 0.5) is 8.78 Å². The maximum atomic E-state index is 13.6. The lowest BCUT2D eigenvalue weighted by Gasteiger charge is -2.09. The summed E-state index contributed by atoms with van der Waals surface area (Å²) in [6.45, 7) is 3.15. The van der Waals surface area contributed by atoms with Gasteiger partial charge in [-0.15, -0.1) is 0 Å². The molecular formula is C20H17F2NO4. The molecule has 0 aliphatic rings. The van der Waals surface area contributed by atoms with Gasteiger partial charge in [0.05, 0.1) is 18.5 Å². The van der Waals surface area contributed by atoms with Crippen molar-refractivity contribution in [1.82, 2.24) is 4.57 Å². The molecule has 1 N–H and O–H groups in total. The third-order valence-corrected chi connectivity index (χ3v) is 4.63. The Labute approximate surface area is 153 Å². The number of ether oxygens (including phenoxy) is 1. The summed E-state index contributed by atoms with van der Waals surface area (Å²) in [5.41, 5.74) is 1.31. The van der Waals surface area contributed by atoms with E-state index in [-0.39, 0.29) is 5.56 Å². The zero-order valence-electron chi connectivity index (χ0n) is 14.9. The summed E-state index contributed by atoms with van der Waals surface area (Å²) < 4.78 is 33.3. The molecule has 0 bridgehead atoms. The molecule has 0 aliphatic heterocycles. The number of carbonyl (C=O) groups is 2. The van der Waals surface area contributed by atoms with E-state index in [2.05, 4.69) is 0 Å². The number of aromatic nitrogens is 1. The van der Waals surface area contributed by atoms with Crippen LogP contribution >= 0.6 is 0 Å². The number of hydrogen-bond donors (Lipinski definition) is 1. The standard InChI is InChI=1S/C20H17F2NO4/c1-10(20(25)26)18-11(2)23(17-7-5-13(27-3)9-14(17)18)19(24)12-4-6-15(21)16(22)8-12/h4-10H,1-3H3,(H,25,26). The number of rotatable bonds is 4. The monoisotopic (exact) mass is 373 g/mol. The number of aliphatic carboxylic acids is 1. The van der Waals surface area contributed by atoms with Gasteiger partial charge < -0.3 is 9.84 Å². The molecule has 0 aliphatic carbocycles. The topological polar surface area (TPSA) is 68.5 Å². The maximum Gasteiger partial charge on any atom is 0.310 e. The van der Waals surface area contributed by atoms with Crippen LogP contribution in [-0.4, -0.2) is 28.7 Å². The third-order valence-electron chi connectivity index (χ3n) is 4.63. The predicted molar refractivity (Wildman–Crippen MR) is 95.4 cm³/mol. The smallest absolute Gasteiger partial charge is 0.310 e. The van der Waals surface area contributed by atoms with E-state index >= 15 is 0 Å². The van der Waals surface area contributed by atoms with E-state index in [0.29, 0.717) is 27.9 Å². The van der Waals surface area contributed by atoms with Gasteiger partial charge in [0.1, 0.15) is 5.75 Å². The maximum absolute atomic E-state index is 13.6. The average Bonchev–Trinajstić information content (AvgIpc) is 2.93. The second-order valence-corrected chi connectivity index (χ2v) is 6.21. The summed E-state index contributed by atoms with van der Waals surface area (Å²) in [7, 11) is 1.48. The molecule has 0 fully saturated rings. The molecule has 1 atom stereocenters. The van der Waals surface area contributed by atoms with Crippen LogP contribution in [0.5, 0.6) is 5.75 Å². The highest BCUT2D eigenvalue weighted by Crippen LogP contribution is 2.35. The molecule has 0 amide bonds. The molecule has 5 nitrogen and oxygen atoms in total. The van der Waals surface area contributed by atoms with Crippen molar-refractivity contribution < 1.29 is 28.2 Å². The quantitative estimate of drug-likeness (QED) is 0.747. The van der Waals surface area contributed by atoms with E-state index in [4.69, 9.17) is 4.74 Å². The predicted octanol–water partition coefficient (Wildman–Crippen LogP) is 4.11. The molecule has 140 valence electrons. The Balaban J connectivity index is 2.29. The number of halogens is 2. The molecule has 2 aromatic carbocycles. The second kappa shape index (κ2) is 6.83. The highest BCUT2D eigenvalue weighted by molar-refractivity contribution is 6.05. The summed E-state index contributed by atoms with van der Waals surface area (Å²) >= 11 is 0. The van der Waals surface area contributed by atoms with Crippen molar-refractivity contribution in [3.8, 4) is 5.75 Å². The van der Waals surface area contributed by atoms with Gasteiger partial charge in [0, 0.05) is 16.6 Å². The molecule has 1 heterocycles. The molecule has 0 saturated heterocycles. The number of benzene rings is 2. The minimum Gasteiger partial charge on any atom is -0.497 e. The fraction of sp³-hybridized carbons (Fsp3) is 0.200. The summed E-state index contributed by atoms with van der Waals surface area (Å²) in [5, 5.41) is 10.0. The molecule has 0 radical (unpaired) electrons. The van der Waals surface area contributed by atoms with Crippen LogP contribution in [-0.2, 0) is 4.79 Å². The van der Waals surface area contributed by atoms with Crippen LogP contribution in [0.2, 0.25) is 0 Å². The van der Waals surface area contributed by atoms with E-state index < -0.39 is 29.4 Å². The van der Waals surface area contributed by atoms with E-state index in [1.165, 1.54) is 24.7 Å². The molecule has 1 aromatic heterocycles. The Morgan fingerprint density at radius 3 is 2.41 bits per heavy atom. The lowest BCUT2D eigenvalue weighted by Crippen LogP contribution is -2.15. The van der Waals surface area contributed by atoms with Crippen molar-refractivity contribution in [2.45, 2.75) is 19.8 Å². The van der Waals surface area contributed by atoms with Gasteiger partial charge in [-0.3, -0.25) is 14.2 Å². The highest BCUT2D eigenvalue weighted by Gasteiger charge is 2.27. The molecule has 27 heavy (non-hydrogen) atoms. The number of hydrogen-bond acceptors (Lipinski definition) is 3. The van der Waals surface area contributed by atoms with Crippen LogP contribution in [0.1, 0.15) is 34.5 Å². The molecule has 0 spiro atoms. The van der Waals surface area contributed by atoms with Crippen LogP contribution in [0.15, 0.2) is 36.4 Å². The largest absolute Gasteiger partial charge is 0.497 e.